The topological polar surface area (TPSA) is 38.0 Å². The summed E-state index contributed by atoms with van der Waals surface area (Å²) in [5, 5.41) is 0.751. The summed E-state index contributed by atoms with van der Waals surface area (Å²) >= 11 is 9.78. The lowest BCUT2D eigenvalue weighted by Gasteiger charge is -2.19. The fraction of sp³-hybridized carbons (Fsp3) is 0.200. The summed E-state index contributed by atoms with van der Waals surface area (Å²) in [5.41, 5.74) is 7.25. The zero-order valence-corrected chi connectivity index (χ0v) is 13.2. The number of nitrogens with two attached hydrogens (primary N) is 1. The first-order valence-corrected chi connectivity index (χ1v) is 7.18. The van der Waals surface area contributed by atoms with Gasteiger partial charge in [0.05, 0.1) is 6.04 Å². The van der Waals surface area contributed by atoms with Gasteiger partial charge in [0.15, 0.2) is 0 Å². The molecule has 0 saturated heterocycles. The molecule has 0 spiro atoms. The maximum atomic E-state index is 6.19. The molecule has 2 aromatic carbocycles. The van der Waals surface area contributed by atoms with Crippen molar-refractivity contribution in [2.45, 2.75) is 19.9 Å². The molecule has 100 valence electrons. The summed E-state index contributed by atoms with van der Waals surface area (Å²) in [6.07, 6.45) is 0. The van der Waals surface area contributed by atoms with Crippen LogP contribution in [-0.4, -0.2) is 0 Å². The molecule has 2 nitrogen and oxygen atoms in total. The highest BCUT2D eigenvalue weighted by molar-refractivity contribution is 9.10. The average Bonchev–Trinajstić information content (AvgIpc) is 2.37. The SMILES string of the molecule is Cc1ccc(C(NN)c2ccc(C)c(Cl)c2)c(Br)c1. The van der Waals surface area contributed by atoms with Crippen LogP contribution in [0.1, 0.15) is 28.3 Å². The van der Waals surface area contributed by atoms with Gasteiger partial charge in [-0.05, 0) is 48.2 Å². The van der Waals surface area contributed by atoms with Crippen molar-refractivity contribution in [3.8, 4) is 0 Å². The molecule has 3 N–H and O–H groups in total. The number of nitrogens with one attached hydrogen (secondary N) is 1. The highest BCUT2D eigenvalue weighted by Gasteiger charge is 2.16. The van der Waals surface area contributed by atoms with E-state index in [4.69, 9.17) is 17.4 Å². The normalized spacial score (nSPS) is 12.5. The molecule has 0 aliphatic rings. The van der Waals surface area contributed by atoms with E-state index >= 15 is 0 Å². The van der Waals surface area contributed by atoms with Gasteiger partial charge in [-0.3, -0.25) is 5.84 Å². The summed E-state index contributed by atoms with van der Waals surface area (Å²) in [6.45, 7) is 4.04. The second kappa shape index (κ2) is 6.06. The maximum absolute atomic E-state index is 6.19. The third-order valence-corrected chi connectivity index (χ3v) is 4.26. The smallest absolute Gasteiger partial charge is 0.0721 e. The standard InChI is InChI=1S/C15H16BrClN2/c1-9-3-6-12(13(16)7-9)15(19-18)11-5-4-10(2)14(17)8-11/h3-8,15,19H,18H2,1-2H3. The minimum absolute atomic E-state index is 0.0897. The number of hydrazine groups is 1. The van der Waals surface area contributed by atoms with Gasteiger partial charge in [-0.25, -0.2) is 5.43 Å². The number of benzene rings is 2. The van der Waals surface area contributed by atoms with Crippen LogP contribution in [0.25, 0.3) is 0 Å². The van der Waals surface area contributed by atoms with Crippen LogP contribution < -0.4 is 11.3 Å². The predicted octanol–water partition coefficient (Wildman–Crippen LogP) is 4.27. The number of hydrogen-bond acceptors (Lipinski definition) is 2. The molecule has 0 aromatic heterocycles. The van der Waals surface area contributed by atoms with E-state index in [-0.39, 0.29) is 6.04 Å². The van der Waals surface area contributed by atoms with Crippen LogP contribution in [0.15, 0.2) is 40.9 Å². The maximum Gasteiger partial charge on any atom is 0.0721 e. The monoisotopic (exact) mass is 338 g/mol. The minimum atomic E-state index is -0.0897. The zero-order valence-electron chi connectivity index (χ0n) is 10.9. The number of hydrogen-bond donors (Lipinski definition) is 2. The van der Waals surface area contributed by atoms with Gasteiger partial charge < -0.3 is 0 Å². The number of halogens is 2. The van der Waals surface area contributed by atoms with Crippen LogP contribution in [0.2, 0.25) is 5.02 Å². The summed E-state index contributed by atoms with van der Waals surface area (Å²) < 4.78 is 1.03. The molecule has 2 aromatic rings. The molecule has 0 saturated carbocycles. The fourth-order valence-corrected chi connectivity index (χ4v) is 2.93. The molecular weight excluding hydrogens is 324 g/mol. The van der Waals surface area contributed by atoms with Crippen LogP contribution in [-0.2, 0) is 0 Å². The van der Waals surface area contributed by atoms with E-state index in [1.165, 1.54) is 5.56 Å². The van der Waals surface area contributed by atoms with Crippen LogP contribution in [0.3, 0.4) is 0 Å². The number of rotatable bonds is 3. The Hall–Kier alpha value is -0.870. The highest BCUT2D eigenvalue weighted by atomic mass is 79.9. The molecule has 0 aliphatic heterocycles. The third kappa shape index (κ3) is 3.18. The first-order chi connectivity index (χ1) is 9.02. The Balaban J connectivity index is 2.46. The molecule has 0 radical (unpaired) electrons. The lowest BCUT2D eigenvalue weighted by Crippen LogP contribution is -2.29. The van der Waals surface area contributed by atoms with Crippen LogP contribution in [0.5, 0.6) is 0 Å². The first-order valence-electron chi connectivity index (χ1n) is 6.01. The molecule has 0 heterocycles. The summed E-state index contributed by atoms with van der Waals surface area (Å²) in [6, 6.07) is 12.1. The lowest BCUT2D eigenvalue weighted by molar-refractivity contribution is 0.634. The Morgan fingerprint density at radius 1 is 1.16 bits per heavy atom. The van der Waals surface area contributed by atoms with Crippen molar-refractivity contribution < 1.29 is 0 Å². The van der Waals surface area contributed by atoms with Gasteiger partial charge in [-0.15, -0.1) is 0 Å². The second-order valence-electron chi connectivity index (χ2n) is 4.63. The largest absolute Gasteiger partial charge is 0.271 e. The van der Waals surface area contributed by atoms with E-state index in [9.17, 15) is 0 Å². The zero-order chi connectivity index (χ0) is 14.0. The molecule has 0 amide bonds. The lowest BCUT2D eigenvalue weighted by atomic mass is 9.97. The first kappa shape index (κ1) is 14.5. The van der Waals surface area contributed by atoms with E-state index in [0.29, 0.717) is 0 Å². The number of aryl methyl sites for hydroxylation is 2. The van der Waals surface area contributed by atoms with Gasteiger partial charge in [-0.2, -0.15) is 0 Å². The predicted molar refractivity (Wildman–Crippen MR) is 84.2 cm³/mol. The summed E-state index contributed by atoms with van der Waals surface area (Å²) in [4.78, 5) is 0. The summed E-state index contributed by atoms with van der Waals surface area (Å²) in [7, 11) is 0. The van der Waals surface area contributed by atoms with Crippen molar-refractivity contribution in [1.82, 2.24) is 5.43 Å². The Morgan fingerprint density at radius 3 is 2.47 bits per heavy atom. The van der Waals surface area contributed by atoms with Gasteiger partial charge in [0.25, 0.3) is 0 Å². The van der Waals surface area contributed by atoms with Crippen LogP contribution in [0.4, 0.5) is 0 Å². The van der Waals surface area contributed by atoms with Crippen molar-refractivity contribution in [2.24, 2.45) is 5.84 Å². The van der Waals surface area contributed by atoms with Gasteiger partial charge in [-0.1, -0.05) is 51.8 Å². The molecular formula is C15H16BrClN2. The Morgan fingerprint density at radius 2 is 1.89 bits per heavy atom. The molecule has 2 rings (SSSR count). The van der Waals surface area contributed by atoms with Gasteiger partial charge in [0.2, 0.25) is 0 Å². The second-order valence-corrected chi connectivity index (χ2v) is 5.89. The Bertz CT molecular complexity index is 599. The van der Waals surface area contributed by atoms with E-state index < -0.39 is 0 Å². The summed E-state index contributed by atoms with van der Waals surface area (Å²) in [5.74, 6) is 5.72. The van der Waals surface area contributed by atoms with E-state index in [2.05, 4.69) is 46.5 Å². The van der Waals surface area contributed by atoms with E-state index in [1.54, 1.807) is 0 Å². The average molecular weight is 340 g/mol. The van der Waals surface area contributed by atoms with E-state index in [0.717, 1.165) is 26.2 Å². The van der Waals surface area contributed by atoms with Crippen molar-refractivity contribution in [1.29, 1.82) is 0 Å². The van der Waals surface area contributed by atoms with Crippen molar-refractivity contribution >= 4 is 27.5 Å². The Labute approximate surface area is 127 Å². The van der Waals surface area contributed by atoms with Crippen LogP contribution in [0, 0.1) is 13.8 Å². The van der Waals surface area contributed by atoms with Crippen LogP contribution >= 0.6 is 27.5 Å². The highest BCUT2D eigenvalue weighted by Crippen LogP contribution is 2.30. The molecule has 19 heavy (non-hydrogen) atoms. The Kier molecular flexibility index (Phi) is 4.63. The molecule has 0 bridgehead atoms. The van der Waals surface area contributed by atoms with Crippen molar-refractivity contribution in [2.75, 3.05) is 0 Å². The third-order valence-electron chi connectivity index (χ3n) is 3.16. The molecule has 1 unspecified atom stereocenters. The van der Waals surface area contributed by atoms with Gasteiger partial charge >= 0.3 is 0 Å². The van der Waals surface area contributed by atoms with Crippen molar-refractivity contribution in [3.63, 3.8) is 0 Å². The molecule has 0 aliphatic carbocycles. The molecule has 1 atom stereocenters. The van der Waals surface area contributed by atoms with Crippen molar-refractivity contribution in [3.05, 3.63) is 68.1 Å². The fourth-order valence-electron chi connectivity index (χ4n) is 2.02. The quantitative estimate of drug-likeness (QED) is 0.647. The van der Waals surface area contributed by atoms with E-state index in [1.807, 2.05) is 25.1 Å². The molecule has 4 heteroatoms. The minimum Gasteiger partial charge on any atom is -0.271 e. The van der Waals surface area contributed by atoms with Gasteiger partial charge in [0.1, 0.15) is 0 Å². The van der Waals surface area contributed by atoms with Gasteiger partial charge in [0, 0.05) is 9.50 Å². The molecule has 0 fully saturated rings.